The summed E-state index contributed by atoms with van der Waals surface area (Å²) in [7, 11) is 0. The maximum atomic E-state index is 12.0. The third-order valence-corrected chi connectivity index (χ3v) is 3.90. The molecule has 0 fully saturated rings. The van der Waals surface area contributed by atoms with Crippen LogP contribution >= 0.6 is 11.6 Å². The van der Waals surface area contributed by atoms with Crippen molar-refractivity contribution in [3.8, 4) is 5.75 Å². The minimum absolute atomic E-state index is 0.0717. The lowest BCUT2D eigenvalue weighted by Gasteiger charge is -2.10. The summed E-state index contributed by atoms with van der Waals surface area (Å²) >= 11 is 6.04. The van der Waals surface area contributed by atoms with Crippen molar-refractivity contribution in [3.63, 3.8) is 0 Å². The molecule has 3 aromatic rings. The van der Waals surface area contributed by atoms with Crippen molar-refractivity contribution in [2.45, 2.75) is 6.92 Å². The molecule has 23 heavy (non-hydrogen) atoms. The first kappa shape index (κ1) is 15.3. The zero-order valence-electron chi connectivity index (χ0n) is 12.5. The molecule has 0 spiro atoms. The summed E-state index contributed by atoms with van der Waals surface area (Å²) in [5.41, 5.74) is 2.41. The highest BCUT2D eigenvalue weighted by molar-refractivity contribution is 6.31. The second kappa shape index (κ2) is 6.67. The number of hydrogen-bond donors (Lipinski definition) is 1. The van der Waals surface area contributed by atoms with Gasteiger partial charge in [-0.25, -0.2) is 0 Å². The summed E-state index contributed by atoms with van der Waals surface area (Å²) in [6.07, 6.45) is 1.74. The average Bonchev–Trinajstić information content (AvgIpc) is 2.57. The highest BCUT2D eigenvalue weighted by Gasteiger charge is 2.08. The Labute approximate surface area is 139 Å². The largest absolute Gasteiger partial charge is 0.484 e. The minimum Gasteiger partial charge on any atom is -0.484 e. The second-order valence-electron chi connectivity index (χ2n) is 5.11. The molecule has 0 bridgehead atoms. The fraction of sp³-hybridized carbons (Fsp3) is 0.111. The van der Waals surface area contributed by atoms with Gasteiger partial charge in [-0.1, -0.05) is 23.7 Å². The van der Waals surface area contributed by atoms with Crippen LogP contribution < -0.4 is 10.1 Å². The van der Waals surface area contributed by atoms with Crippen LogP contribution in [0, 0.1) is 6.92 Å². The number of carbonyl (C=O) groups is 1. The Kier molecular flexibility index (Phi) is 4.44. The molecule has 0 aliphatic rings. The van der Waals surface area contributed by atoms with E-state index in [4.69, 9.17) is 16.3 Å². The van der Waals surface area contributed by atoms with Crippen molar-refractivity contribution >= 4 is 34.1 Å². The van der Waals surface area contributed by atoms with Gasteiger partial charge in [-0.2, -0.15) is 0 Å². The van der Waals surface area contributed by atoms with E-state index in [1.54, 1.807) is 30.5 Å². The predicted molar refractivity (Wildman–Crippen MR) is 92.1 cm³/mol. The third-order valence-electron chi connectivity index (χ3n) is 3.49. The molecular weight excluding hydrogens is 312 g/mol. The number of nitrogens with one attached hydrogen (secondary N) is 1. The van der Waals surface area contributed by atoms with Crippen LogP contribution in [0.2, 0.25) is 5.02 Å². The van der Waals surface area contributed by atoms with Crippen LogP contribution in [-0.4, -0.2) is 17.5 Å². The normalized spacial score (nSPS) is 10.5. The van der Waals surface area contributed by atoms with Crippen LogP contribution in [0.3, 0.4) is 0 Å². The predicted octanol–water partition coefficient (Wildman–Crippen LogP) is 4.21. The van der Waals surface area contributed by atoms with Crippen LogP contribution in [0.1, 0.15) is 5.56 Å². The number of fused-ring (bicyclic) bond motifs is 1. The third kappa shape index (κ3) is 3.60. The van der Waals surface area contributed by atoms with E-state index in [9.17, 15) is 4.79 Å². The smallest absolute Gasteiger partial charge is 0.262 e. The van der Waals surface area contributed by atoms with Gasteiger partial charge >= 0.3 is 0 Å². The molecule has 3 rings (SSSR count). The van der Waals surface area contributed by atoms with Crippen molar-refractivity contribution in [1.82, 2.24) is 4.98 Å². The van der Waals surface area contributed by atoms with Gasteiger partial charge in [0.2, 0.25) is 0 Å². The monoisotopic (exact) mass is 326 g/mol. The van der Waals surface area contributed by atoms with Gasteiger partial charge in [-0.15, -0.1) is 0 Å². The van der Waals surface area contributed by atoms with Crippen molar-refractivity contribution in [1.29, 1.82) is 0 Å². The molecule has 1 amide bonds. The van der Waals surface area contributed by atoms with Gasteiger partial charge < -0.3 is 10.1 Å². The molecule has 1 aromatic heterocycles. The van der Waals surface area contributed by atoms with E-state index in [1.165, 1.54) is 0 Å². The standard InChI is InChI=1S/C18H15ClN2O2/c1-12-15(19)5-2-6-16(12)21-18(22)11-23-14-7-8-17-13(10-14)4-3-9-20-17/h2-10H,11H2,1H3,(H,21,22). The number of benzene rings is 2. The number of anilines is 1. The van der Waals surface area contributed by atoms with E-state index in [1.807, 2.05) is 31.2 Å². The van der Waals surface area contributed by atoms with Gasteiger partial charge in [-0.3, -0.25) is 9.78 Å². The number of halogens is 1. The molecule has 0 atom stereocenters. The number of ether oxygens (including phenoxy) is 1. The quantitative estimate of drug-likeness (QED) is 0.781. The maximum Gasteiger partial charge on any atom is 0.262 e. The van der Waals surface area contributed by atoms with Gasteiger partial charge in [-0.05, 0) is 48.9 Å². The second-order valence-corrected chi connectivity index (χ2v) is 5.51. The summed E-state index contributed by atoms with van der Waals surface area (Å²) in [5, 5.41) is 4.38. The fourth-order valence-electron chi connectivity index (χ4n) is 2.22. The summed E-state index contributed by atoms with van der Waals surface area (Å²) in [5.74, 6) is 0.394. The van der Waals surface area contributed by atoms with E-state index < -0.39 is 0 Å². The van der Waals surface area contributed by atoms with Gasteiger partial charge in [0.25, 0.3) is 5.91 Å². The molecule has 0 unspecified atom stereocenters. The molecule has 0 saturated carbocycles. The Morgan fingerprint density at radius 3 is 2.96 bits per heavy atom. The lowest BCUT2D eigenvalue weighted by atomic mass is 10.2. The van der Waals surface area contributed by atoms with Gasteiger partial charge in [0.05, 0.1) is 5.52 Å². The van der Waals surface area contributed by atoms with Crippen molar-refractivity contribution in [3.05, 3.63) is 65.3 Å². The van der Waals surface area contributed by atoms with Crippen molar-refractivity contribution in [2.75, 3.05) is 11.9 Å². The highest BCUT2D eigenvalue weighted by Crippen LogP contribution is 2.23. The van der Waals surface area contributed by atoms with Gasteiger partial charge in [0, 0.05) is 22.3 Å². The lowest BCUT2D eigenvalue weighted by molar-refractivity contribution is -0.118. The minimum atomic E-state index is -0.235. The first-order valence-corrected chi connectivity index (χ1v) is 7.54. The average molecular weight is 327 g/mol. The summed E-state index contributed by atoms with van der Waals surface area (Å²) < 4.78 is 5.55. The molecule has 1 heterocycles. The molecule has 0 radical (unpaired) electrons. The Balaban J connectivity index is 1.65. The van der Waals surface area contributed by atoms with E-state index in [-0.39, 0.29) is 12.5 Å². The summed E-state index contributed by atoms with van der Waals surface area (Å²) in [6.45, 7) is 1.78. The number of carbonyl (C=O) groups excluding carboxylic acids is 1. The number of nitrogens with zero attached hydrogens (tertiary/aromatic N) is 1. The molecule has 5 heteroatoms. The van der Waals surface area contributed by atoms with Crippen LogP contribution in [0.25, 0.3) is 10.9 Å². The molecule has 0 aliphatic heterocycles. The number of hydrogen-bond acceptors (Lipinski definition) is 3. The Morgan fingerprint density at radius 1 is 1.22 bits per heavy atom. The molecule has 0 saturated heterocycles. The first-order chi connectivity index (χ1) is 11.1. The SMILES string of the molecule is Cc1c(Cl)cccc1NC(=O)COc1ccc2ncccc2c1. The topological polar surface area (TPSA) is 51.2 Å². The van der Waals surface area contributed by atoms with E-state index in [0.717, 1.165) is 16.5 Å². The Hall–Kier alpha value is -2.59. The van der Waals surface area contributed by atoms with Crippen LogP contribution in [-0.2, 0) is 4.79 Å². The van der Waals surface area contributed by atoms with E-state index >= 15 is 0 Å². The number of aromatic nitrogens is 1. The maximum absolute atomic E-state index is 12.0. The summed E-state index contributed by atoms with van der Waals surface area (Å²) in [4.78, 5) is 16.3. The lowest BCUT2D eigenvalue weighted by Crippen LogP contribution is -2.20. The zero-order valence-corrected chi connectivity index (χ0v) is 13.3. The number of rotatable bonds is 4. The van der Waals surface area contributed by atoms with Crippen molar-refractivity contribution < 1.29 is 9.53 Å². The molecule has 116 valence electrons. The van der Waals surface area contributed by atoms with Gasteiger partial charge in [0.15, 0.2) is 6.61 Å². The van der Waals surface area contributed by atoms with Crippen molar-refractivity contribution in [2.24, 2.45) is 0 Å². The van der Waals surface area contributed by atoms with Gasteiger partial charge in [0.1, 0.15) is 5.75 Å². The highest BCUT2D eigenvalue weighted by atomic mass is 35.5. The Morgan fingerprint density at radius 2 is 2.09 bits per heavy atom. The summed E-state index contributed by atoms with van der Waals surface area (Å²) in [6, 6.07) is 14.7. The first-order valence-electron chi connectivity index (χ1n) is 7.16. The molecule has 1 N–H and O–H groups in total. The molecular formula is C18H15ClN2O2. The van der Waals surface area contributed by atoms with Crippen LogP contribution in [0.5, 0.6) is 5.75 Å². The fourth-order valence-corrected chi connectivity index (χ4v) is 2.40. The van der Waals surface area contributed by atoms with Crippen LogP contribution in [0.15, 0.2) is 54.7 Å². The zero-order chi connectivity index (χ0) is 16.2. The van der Waals surface area contributed by atoms with Crippen LogP contribution in [0.4, 0.5) is 5.69 Å². The molecule has 4 nitrogen and oxygen atoms in total. The molecule has 0 aliphatic carbocycles. The molecule has 2 aromatic carbocycles. The number of pyridine rings is 1. The Bertz CT molecular complexity index is 865. The van der Waals surface area contributed by atoms with E-state index in [0.29, 0.717) is 16.5 Å². The van der Waals surface area contributed by atoms with E-state index in [2.05, 4.69) is 10.3 Å². The number of amides is 1.